The molecule has 1 saturated heterocycles. The number of hydrogen-bond donors (Lipinski definition) is 0. The van der Waals surface area contributed by atoms with Gasteiger partial charge in [-0.25, -0.2) is 4.79 Å². The number of nitrogens with zero attached hydrogens (tertiary/aromatic N) is 3. The lowest BCUT2D eigenvalue weighted by Gasteiger charge is -2.33. The Balaban J connectivity index is 1.65. The third-order valence-electron chi connectivity index (χ3n) is 3.98. The summed E-state index contributed by atoms with van der Waals surface area (Å²) in [4.78, 5) is 13.9. The van der Waals surface area contributed by atoms with Gasteiger partial charge in [-0.3, -0.25) is 4.68 Å². The first-order valence-corrected chi connectivity index (χ1v) is 8.73. The molecule has 1 aliphatic rings. The van der Waals surface area contributed by atoms with Crippen LogP contribution in [-0.2, 0) is 4.74 Å². The van der Waals surface area contributed by atoms with Gasteiger partial charge in [0, 0.05) is 29.1 Å². The molecule has 1 aromatic carbocycles. The SMILES string of the molecule is CC(C)(C)OC(=O)N1CCC(n2cc3ccc(Br)cc3n2)CC1. The molecule has 0 bridgehead atoms. The minimum Gasteiger partial charge on any atom is -0.444 e. The van der Waals surface area contributed by atoms with Crippen LogP contribution in [0.25, 0.3) is 10.9 Å². The first-order valence-electron chi connectivity index (χ1n) is 7.94. The van der Waals surface area contributed by atoms with Gasteiger partial charge in [0.1, 0.15) is 5.60 Å². The molecule has 3 rings (SSSR count). The van der Waals surface area contributed by atoms with Crippen molar-refractivity contribution in [1.82, 2.24) is 14.7 Å². The molecular formula is C17H22BrN3O2. The molecule has 1 aliphatic heterocycles. The van der Waals surface area contributed by atoms with E-state index in [1.807, 2.05) is 37.6 Å². The first-order chi connectivity index (χ1) is 10.8. The maximum absolute atomic E-state index is 12.1. The van der Waals surface area contributed by atoms with E-state index in [9.17, 15) is 4.79 Å². The summed E-state index contributed by atoms with van der Waals surface area (Å²) < 4.78 is 8.52. The lowest BCUT2D eigenvalue weighted by atomic mass is 10.1. The van der Waals surface area contributed by atoms with Crippen LogP contribution in [0.3, 0.4) is 0 Å². The zero-order valence-corrected chi connectivity index (χ0v) is 15.3. The summed E-state index contributed by atoms with van der Waals surface area (Å²) in [7, 11) is 0. The Hall–Kier alpha value is -1.56. The highest BCUT2D eigenvalue weighted by molar-refractivity contribution is 9.10. The number of halogens is 1. The number of hydrogen-bond acceptors (Lipinski definition) is 3. The molecule has 0 spiro atoms. The third kappa shape index (κ3) is 3.86. The number of benzene rings is 1. The van der Waals surface area contributed by atoms with Crippen molar-refractivity contribution in [2.45, 2.75) is 45.3 Å². The minimum absolute atomic E-state index is 0.217. The summed E-state index contributed by atoms with van der Waals surface area (Å²) in [5, 5.41) is 5.82. The Labute approximate surface area is 144 Å². The summed E-state index contributed by atoms with van der Waals surface area (Å²) in [6.45, 7) is 7.10. The third-order valence-corrected chi connectivity index (χ3v) is 4.47. The van der Waals surface area contributed by atoms with Crippen molar-refractivity contribution < 1.29 is 9.53 Å². The van der Waals surface area contributed by atoms with Crippen LogP contribution in [0, 0.1) is 0 Å². The van der Waals surface area contributed by atoms with Crippen molar-refractivity contribution in [3.63, 3.8) is 0 Å². The highest BCUT2D eigenvalue weighted by Gasteiger charge is 2.27. The Kier molecular flexibility index (Phi) is 4.36. The second-order valence-corrected chi connectivity index (χ2v) is 7.93. The molecule has 124 valence electrons. The zero-order chi connectivity index (χ0) is 16.6. The van der Waals surface area contributed by atoms with E-state index >= 15 is 0 Å². The van der Waals surface area contributed by atoms with Gasteiger partial charge in [-0.2, -0.15) is 5.10 Å². The molecule has 1 fully saturated rings. The Morgan fingerprint density at radius 2 is 2.00 bits per heavy atom. The van der Waals surface area contributed by atoms with E-state index in [0.29, 0.717) is 19.1 Å². The van der Waals surface area contributed by atoms with E-state index in [-0.39, 0.29) is 6.09 Å². The van der Waals surface area contributed by atoms with E-state index in [1.54, 1.807) is 4.90 Å². The summed E-state index contributed by atoms with van der Waals surface area (Å²) in [5.41, 5.74) is 0.551. The molecule has 0 unspecified atom stereocenters. The van der Waals surface area contributed by atoms with Crippen LogP contribution in [0.4, 0.5) is 4.79 Å². The maximum Gasteiger partial charge on any atom is 0.410 e. The smallest absolute Gasteiger partial charge is 0.410 e. The van der Waals surface area contributed by atoms with Gasteiger partial charge in [-0.05, 0) is 45.7 Å². The van der Waals surface area contributed by atoms with E-state index in [4.69, 9.17) is 4.74 Å². The van der Waals surface area contributed by atoms with Gasteiger partial charge in [0.25, 0.3) is 0 Å². The summed E-state index contributed by atoms with van der Waals surface area (Å²) in [6.07, 6.45) is 3.67. The average Bonchev–Trinajstić information content (AvgIpc) is 2.88. The van der Waals surface area contributed by atoms with Crippen molar-refractivity contribution >= 4 is 32.9 Å². The molecule has 1 aromatic heterocycles. The van der Waals surface area contributed by atoms with Crippen LogP contribution < -0.4 is 0 Å². The van der Waals surface area contributed by atoms with Gasteiger partial charge >= 0.3 is 6.09 Å². The molecule has 1 amide bonds. The van der Waals surface area contributed by atoms with Crippen LogP contribution in [0.1, 0.15) is 39.7 Å². The monoisotopic (exact) mass is 379 g/mol. The van der Waals surface area contributed by atoms with Crippen molar-refractivity contribution in [1.29, 1.82) is 0 Å². The number of carbonyl (C=O) groups is 1. The van der Waals surface area contributed by atoms with E-state index in [1.165, 1.54) is 0 Å². The predicted octanol–water partition coefficient (Wildman–Crippen LogP) is 4.37. The molecule has 0 atom stereocenters. The summed E-state index contributed by atoms with van der Waals surface area (Å²) in [5.74, 6) is 0. The van der Waals surface area contributed by atoms with Gasteiger partial charge in [-0.15, -0.1) is 0 Å². The molecule has 0 saturated carbocycles. The number of likely N-dealkylation sites (tertiary alicyclic amines) is 1. The Morgan fingerprint density at radius 3 is 2.65 bits per heavy atom. The van der Waals surface area contributed by atoms with Gasteiger partial charge < -0.3 is 9.64 Å². The number of ether oxygens (including phenoxy) is 1. The molecule has 5 nitrogen and oxygen atoms in total. The van der Waals surface area contributed by atoms with Crippen molar-refractivity contribution in [3.8, 4) is 0 Å². The fourth-order valence-corrected chi connectivity index (χ4v) is 3.18. The standard InChI is InChI=1S/C17H22BrN3O2/c1-17(2,3)23-16(22)20-8-6-14(7-9-20)21-11-12-4-5-13(18)10-15(12)19-21/h4-5,10-11,14H,6-9H2,1-3H3. The second-order valence-electron chi connectivity index (χ2n) is 7.01. The van der Waals surface area contributed by atoms with Crippen LogP contribution >= 0.6 is 15.9 Å². The number of piperidine rings is 1. The molecule has 23 heavy (non-hydrogen) atoms. The number of fused-ring (bicyclic) bond motifs is 1. The fourth-order valence-electron chi connectivity index (χ4n) is 2.83. The zero-order valence-electron chi connectivity index (χ0n) is 13.8. The molecule has 0 aliphatic carbocycles. The summed E-state index contributed by atoms with van der Waals surface area (Å²) >= 11 is 3.48. The number of amides is 1. The Morgan fingerprint density at radius 1 is 1.30 bits per heavy atom. The van der Waals surface area contributed by atoms with Crippen molar-refractivity contribution in [2.24, 2.45) is 0 Å². The number of rotatable bonds is 1. The second kappa shape index (κ2) is 6.15. The highest BCUT2D eigenvalue weighted by atomic mass is 79.9. The van der Waals surface area contributed by atoms with Crippen LogP contribution in [0.2, 0.25) is 0 Å². The minimum atomic E-state index is -0.443. The van der Waals surface area contributed by atoms with Crippen molar-refractivity contribution in [2.75, 3.05) is 13.1 Å². The van der Waals surface area contributed by atoms with E-state index in [0.717, 1.165) is 28.2 Å². The summed E-state index contributed by atoms with van der Waals surface area (Å²) in [6, 6.07) is 6.46. The fraction of sp³-hybridized carbons (Fsp3) is 0.529. The lowest BCUT2D eigenvalue weighted by molar-refractivity contribution is 0.0185. The maximum atomic E-state index is 12.1. The van der Waals surface area contributed by atoms with Gasteiger partial charge in [0.05, 0.1) is 11.6 Å². The van der Waals surface area contributed by atoms with Gasteiger partial charge in [0.15, 0.2) is 0 Å². The largest absolute Gasteiger partial charge is 0.444 e. The molecule has 2 heterocycles. The van der Waals surface area contributed by atoms with Crippen molar-refractivity contribution in [3.05, 3.63) is 28.9 Å². The van der Waals surface area contributed by atoms with Crippen LogP contribution in [-0.4, -0.2) is 39.5 Å². The predicted molar refractivity (Wildman–Crippen MR) is 93.5 cm³/mol. The topological polar surface area (TPSA) is 47.4 Å². The van der Waals surface area contributed by atoms with E-state index in [2.05, 4.69) is 33.3 Å². The quantitative estimate of drug-likeness (QED) is 0.738. The van der Waals surface area contributed by atoms with Gasteiger partial charge in [-0.1, -0.05) is 22.0 Å². The normalized spacial score (nSPS) is 16.8. The Bertz CT molecular complexity index is 712. The molecule has 6 heteroatoms. The molecule has 0 N–H and O–H groups in total. The average molecular weight is 380 g/mol. The van der Waals surface area contributed by atoms with Crippen LogP contribution in [0.15, 0.2) is 28.9 Å². The highest BCUT2D eigenvalue weighted by Crippen LogP contribution is 2.26. The molecule has 0 radical (unpaired) electrons. The lowest BCUT2D eigenvalue weighted by Crippen LogP contribution is -2.42. The first kappa shape index (κ1) is 16.3. The number of aromatic nitrogens is 2. The van der Waals surface area contributed by atoms with E-state index < -0.39 is 5.60 Å². The molecular weight excluding hydrogens is 358 g/mol. The number of carbonyl (C=O) groups excluding carboxylic acids is 1. The van der Waals surface area contributed by atoms with Gasteiger partial charge in [0.2, 0.25) is 0 Å². The van der Waals surface area contributed by atoms with Crippen LogP contribution in [0.5, 0.6) is 0 Å². The molecule has 2 aromatic rings.